The molecule has 0 saturated carbocycles. The van der Waals surface area contributed by atoms with Crippen LogP contribution < -0.4 is 10.1 Å². The second-order valence-electron chi connectivity index (χ2n) is 3.61. The summed E-state index contributed by atoms with van der Waals surface area (Å²) in [5, 5.41) is 3.12. The normalized spacial score (nSPS) is 10.1. The van der Waals surface area contributed by atoms with Crippen LogP contribution in [0.1, 0.15) is 26.7 Å². The van der Waals surface area contributed by atoms with Crippen molar-refractivity contribution in [2.24, 2.45) is 0 Å². The summed E-state index contributed by atoms with van der Waals surface area (Å²) >= 11 is 5.76. The lowest BCUT2D eigenvalue weighted by Crippen LogP contribution is -2.12. The molecule has 5 nitrogen and oxygen atoms in total. The van der Waals surface area contributed by atoms with Gasteiger partial charge in [0, 0.05) is 13.0 Å². The Bertz CT molecular complexity index is 403. The van der Waals surface area contributed by atoms with E-state index in [0.29, 0.717) is 18.9 Å². The highest BCUT2D eigenvalue weighted by Gasteiger charge is 2.06. The number of halogens is 1. The minimum atomic E-state index is -0.0113. The second-order valence-corrected chi connectivity index (χ2v) is 3.95. The molecule has 1 heterocycles. The lowest BCUT2D eigenvalue weighted by atomic mass is 10.3. The van der Waals surface area contributed by atoms with E-state index in [4.69, 9.17) is 22.8 Å². The highest BCUT2D eigenvalue weighted by molar-refractivity contribution is 6.28. The molecule has 0 spiro atoms. The average molecular weight is 255 g/mol. The SMILES string of the molecule is C#CCCCNc1nc(Cl)nc(OC(C)C)n1. The number of ether oxygens (including phenoxy) is 1. The van der Waals surface area contributed by atoms with Crippen LogP contribution in [0.25, 0.3) is 0 Å². The lowest BCUT2D eigenvalue weighted by molar-refractivity contribution is 0.222. The second kappa shape index (κ2) is 6.92. The van der Waals surface area contributed by atoms with E-state index >= 15 is 0 Å². The molecule has 0 amide bonds. The van der Waals surface area contributed by atoms with E-state index < -0.39 is 0 Å². The van der Waals surface area contributed by atoms with Gasteiger partial charge < -0.3 is 10.1 Å². The van der Waals surface area contributed by atoms with E-state index in [-0.39, 0.29) is 17.4 Å². The summed E-state index contributed by atoms with van der Waals surface area (Å²) in [6.45, 7) is 4.46. The predicted molar refractivity (Wildman–Crippen MR) is 67.2 cm³/mol. The molecule has 1 rings (SSSR count). The molecule has 0 aliphatic rings. The highest BCUT2D eigenvalue weighted by Crippen LogP contribution is 2.12. The molecule has 0 radical (unpaired) electrons. The van der Waals surface area contributed by atoms with Crippen molar-refractivity contribution in [1.82, 2.24) is 15.0 Å². The van der Waals surface area contributed by atoms with E-state index in [2.05, 4.69) is 26.2 Å². The van der Waals surface area contributed by atoms with Gasteiger partial charge in [-0.25, -0.2) is 0 Å². The Balaban J connectivity index is 2.59. The van der Waals surface area contributed by atoms with Gasteiger partial charge in [-0.1, -0.05) is 0 Å². The Labute approximate surface area is 106 Å². The molecule has 17 heavy (non-hydrogen) atoms. The third kappa shape index (κ3) is 5.36. The molecular weight excluding hydrogens is 240 g/mol. The predicted octanol–water partition coefficient (Wildman–Crippen LogP) is 2.14. The van der Waals surface area contributed by atoms with Crippen LogP contribution in [0.2, 0.25) is 5.28 Å². The Morgan fingerprint density at radius 1 is 1.41 bits per heavy atom. The molecule has 6 heteroatoms. The summed E-state index contributed by atoms with van der Waals surface area (Å²) in [4.78, 5) is 11.9. The topological polar surface area (TPSA) is 59.9 Å². The van der Waals surface area contributed by atoms with Crippen LogP contribution in [0, 0.1) is 12.3 Å². The fourth-order valence-electron chi connectivity index (χ4n) is 1.07. The van der Waals surface area contributed by atoms with Gasteiger partial charge in [0.05, 0.1) is 6.10 Å². The number of rotatable bonds is 6. The fourth-order valence-corrected chi connectivity index (χ4v) is 1.22. The summed E-state index contributed by atoms with van der Waals surface area (Å²) in [5.41, 5.74) is 0. The summed E-state index contributed by atoms with van der Waals surface area (Å²) in [6.07, 6.45) is 6.70. The number of anilines is 1. The molecule has 0 atom stereocenters. The molecule has 0 aliphatic carbocycles. The van der Waals surface area contributed by atoms with Gasteiger partial charge in [0.15, 0.2) is 0 Å². The molecule has 0 aromatic carbocycles. The van der Waals surface area contributed by atoms with Crippen LogP contribution >= 0.6 is 11.6 Å². The minimum absolute atomic E-state index is 0.0113. The number of nitrogens with zero attached hydrogens (tertiary/aromatic N) is 3. The van der Waals surface area contributed by atoms with Crippen LogP contribution in [0.4, 0.5) is 5.95 Å². The monoisotopic (exact) mass is 254 g/mol. The van der Waals surface area contributed by atoms with Crippen molar-refractivity contribution in [3.63, 3.8) is 0 Å². The molecule has 0 unspecified atom stereocenters. The average Bonchev–Trinajstić information content (AvgIpc) is 2.22. The van der Waals surface area contributed by atoms with Crippen LogP contribution in [0.3, 0.4) is 0 Å². The van der Waals surface area contributed by atoms with Gasteiger partial charge in [0.25, 0.3) is 0 Å². The molecule has 92 valence electrons. The number of terminal acetylenes is 1. The first-order valence-electron chi connectivity index (χ1n) is 5.37. The third-order valence-electron chi connectivity index (χ3n) is 1.71. The van der Waals surface area contributed by atoms with Crippen molar-refractivity contribution in [1.29, 1.82) is 0 Å². The smallest absolute Gasteiger partial charge is 0.322 e. The summed E-state index contributed by atoms with van der Waals surface area (Å²) in [5.74, 6) is 2.96. The van der Waals surface area contributed by atoms with Crippen molar-refractivity contribution in [3.05, 3.63) is 5.28 Å². The first-order valence-corrected chi connectivity index (χ1v) is 5.75. The Kier molecular flexibility index (Phi) is 5.50. The highest BCUT2D eigenvalue weighted by atomic mass is 35.5. The maximum atomic E-state index is 5.76. The van der Waals surface area contributed by atoms with Gasteiger partial charge in [0.1, 0.15) is 0 Å². The summed E-state index contributed by atoms with van der Waals surface area (Å²) in [7, 11) is 0. The number of unbranched alkanes of at least 4 members (excludes halogenated alkanes) is 1. The van der Waals surface area contributed by atoms with Gasteiger partial charge in [-0.15, -0.1) is 12.3 Å². The standard InChI is InChI=1S/C11H15ClN4O/c1-4-5-6-7-13-10-14-9(12)15-11(16-10)17-8(2)3/h1,8H,5-7H2,2-3H3,(H,13,14,15,16). The minimum Gasteiger partial charge on any atom is -0.461 e. The molecule has 0 fully saturated rings. The zero-order valence-corrected chi connectivity index (χ0v) is 10.7. The van der Waals surface area contributed by atoms with Gasteiger partial charge in [0.2, 0.25) is 11.2 Å². The van der Waals surface area contributed by atoms with Crippen LogP contribution in [0.5, 0.6) is 6.01 Å². The number of aromatic nitrogens is 3. The van der Waals surface area contributed by atoms with Gasteiger partial charge >= 0.3 is 6.01 Å². The molecule has 1 N–H and O–H groups in total. The number of hydrogen-bond acceptors (Lipinski definition) is 5. The van der Waals surface area contributed by atoms with Crippen LogP contribution in [0.15, 0.2) is 0 Å². The molecule has 0 bridgehead atoms. The fraction of sp³-hybridized carbons (Fsp3) is 0.545. The quantitative estimate of drug-likeness (QED) is 0.623. The first-order chi connectivity index (χ1) is 8.11. The van der Waals surface area contributed by atoms with Gasteiger partial charge in [-0.2, -0.15) is 15.0 Å². The molecular formula is C11H15ClN4O. The van der Waals surface area contributed by atoms with Gasteiger partial charge in [-0.3, -0.25) is 0 Å². The molecule has 1 aromatic rings. The summed E-state index contributed by atoms with van der Waals surface area (Å²) in [6, 6.07) is 0.222. The Hall–Kier alpha value is -1.54. The summed E-state index contributed by atoms with van der Waals surface area (Å²) < 4.78 is 5.34. The van der Waals surface area contributed by atoms with Crippen molar-refractivity contribution in [3.8, 4) is 18.4 Å². The van der Waals surface area contributed by atoms with Crippen molar-refractivity contribution < 1.29 is 4.74 Å². The third-order valence-corrected chi connectivity index (χ3v) is 1.88. The zero-order chi connectivity index (χ0) is 12.7. The van der Waals surface area contributed by atoms with Crippen molar-refractivity contribution in [2.45, 2.75) is 32.8 Å². The largest absolute Gasteiger partial charge is 0.461 e. The van der Waals surface area contributed by atoms with E-state index in [1.165, 1.54) is 0 Å². The van der Waals surface area contributed by atoms with Crippen molar-refractivity contribution in [2.75, 3.05) is 11.9 Å². The molecule has 0 aliphatic heterocycles. The van der Waals surface area contributed by atoms with Gasteiger partial charge in [-0.05, 0) is 31.9 Å². The maximum Gasteiger partial charge on any atom is 0.322 e. The lowest BCUT2D eigenvalue weighted by Gasteiger charge is -2.09. The van der Waals surface area contributed by atoms with Crippen molar-refractivity contribution >= 4 is 17.5 Å². The van der Waals surface area contributed by atoms with E-state index in [1.807, 2.05) is 13.8 Å². The maximum absolute atomic E-state index is 5.76. The van der Waals surface area contributed by atoms with Crippen LogP contribution in [-0.4, -0.2) is 27.6 Å². The zero-order valence-electron chi connectivity index (χ0n) is 9.90. The molecule has 0 saturated heterocycles. The number of nitrogens with one attached hydrogen (secondary N) is 1. The van der Waals surface area contributed by atoms with E-state index in [0.717, 1.165) is 6.42 Å². The van der Waals surface area contributed by atoms with E-state index in [9.17, 15) is 0 Å². The Morgan fingerprint density at radius 3 is 2.82 bits per heavy atom. The van der Waals surface area contributed by atoms with E-state index in [1.54, 1.807) is 0 Å². The number of hydrogen-bond donors (Lipinski definition) is 1. The molecule has 1 aromatic heterocycles. The Morgan fingerprint density at radius 2 is 2.18 bits per heavy atom. The van der Waals surface area contributed by atoms with Crippen LogP contribution in [-0.2, 0) is 0 Å². The first kappa shape index (κ1) is 13.5.